The zero-order valence-electron chi connectivity index (χ0n) is 17.0. The van der Waals surface area contributed by atoms with Gasteiger partial charge in [-0.05, 0) is 12.1 Å². The molecular weight excluding hydrogens is 503 g/mol. The van der Waals surface area contributed by atoms with Gasteiger partial charge in [-0.1, -0.05) is 24.3 Å². The Bertz CT molecular complexity index is 945. The minimum Gasteiger partial charge on any atom is -0.254 e. The van der Waals surface area contributed by atoms with E-state index in [0.717, 1.165) is 30.7 Å². The van der Waals surface area contributed by atoms with E-state index in [4.69, 9.17) is 24.4 Å². The van der Waals surface area contributed by atoms with Crippen molar-refractivity contribution in [2.45, 2.75) is 48.4 Å². The summed E-state index contributed by atoms with van der Waals surface area (Å²) in [6, 6.07) is 12.1. The zero-order chi connectivity index (χ0) is 21.0. The average Bonchev–Trinajstić information content (AvgIpc) is 2.77. The second kappa shape index (κ2) is 12.9. The topological polar surface area (TPSA) is 50.5 Å². The fourth-order valence-electron chi connectivity index (χ4n) is 3.14. The summed E-state index contributed by atoms with van der Waals surface area (Å²) in [5.41, 5.74) is 1.95. The molecule has 0 unspecified atom stereocenters. The van der Waals surface area contributed by atoms with Crippen LogP contribution in [0.15, 0.2) is 55.2 Å². The fraction of sp³-hybridized carbons (Fsp3) is 0.364. The van der Waals surface area contributed by atoms with Gasteiger partial charge in [0, 0.05) is 23.2 Å². The normalized spacial score (nSPS) is 10.6. The number of fused-ring (bicyclic) bond motifs is 3. The summed E-state index contributed by atoms with van der Waals surface area (Å²) in [5.74, 6) is 0. The van der Waals surface area contributed by atoms with Gasteiger partial charge in [0.05, 0.1) is 11.0 Å². The van der Waals surface area contributed by atoms with Crippen LogP contribution < -0.4 is 0 Å². The van der Waals surface area contributed by atoms with Gasteiger partial charge in [0.15, 0.2) is 0 Å². The average molecular weight is 529 g/mol. The third kappa shape index (κ3) is 7.02. The summed E-state index contributed by atoms with van der Waals surface area (Å²) in [7, 11) is 0. The molecule has 0 N–H and O–H groups in total. The monoisotopic (exact) mass is 530 g/mol. The van der Waals surface area contributed by atoms with E-state index in [-0.39, 0.29) is 0 Å². The van der Waals surface area contributed by atoms with Crippen molar-refractivity contribution >= 4 is 75.5 Å². The first-order valence-corrected chi connectivity index (χ1v) is 17.4. The van der Waals surface area contributed by atoms with E-state index in [1.54, 1.807) is 12.4 Å². The van der Waals surface area contributed by atoms with Crippen molar-refractivity contribution in [3.8, 4) is 0 Å². The molecule has 3 aromatic rings. The maximum atomic E-state index is 4.73. The van der Waals surface area contributed by atoms with Gasteiger partial charge in [-0.2, -0.15) is 0 Å². The Hall–Kier alpha value is -1.56. The summed E-state index contributed by atoms with van der Waals surface area (Å²) in [6.07, 6.45) is 8.28. The maximum Gasteiger partial charge on any atom is 0.0964 e. The Labute approximate surface area is 188 Å². The number of hydrogen-bond acceptors (Lipinski definition) is 6. The second-order valence-electron chi connectivity index (χ2n) is 6.81. The third-order valence-electron chi connectivity index (χ3n) is 4.71. The number of isothiocyanates is 2. The number of aromatic nitrogens is 2. The molecule has 0 amide bonds. The van der Waals surface area contributed by atoms with Gasteiger partial charge in [0.25, 0.3) is 0 Å². The van der Waals surface area contributed by atoms with E-state index in [1.807, 2.05) is 12.1 Å². The first kappa shape index (κ1) is 23.7. The van der Waals surface area contributed by atoms with Crippen LogP contribution in [-0.2, 0) is 0 Å². The molecule has 0 aliphatic rings. The molecule has 29 heavy (non-hydrogen) atoms. The number of hydrogen-bond donors (Lipinski definition) is 0. The van der Waals surface area contributed by atoms with Crippen LogP contribution in [-0.4, -0.2) is 39.2 Å². The van der Waals surface area contributed by atoms with Gasteiger partial charge >= 0.3 is 109 Å². The Morgan fingerprint density at radius 1 is 0.793 bits per heavy atom. The fourth-order valence-corrected chi connectivity index (χ4v) is 13.8. The zero-order valence-corrected chi connectivity index (χ0v) is 21.5. The SMILES string of the molecule is CCC[CH2][Sn]([CH2]CCC)([N]=C=S)[N]=C=S.c1cnc2c(c1)ccc1cccnc12. The molecule has 0 bridgehead atoms. The minimum absolute atomic E-state index is 0.977. The largest absolute Gasteiger partial charge is 0.254 e. The number of unbranched alkanes of at least 4 members (excludes halogenated alkanes) is 2. The smallest absolute Gasteiger partial charge is 0.0964 e. The Balaban J connectivity index is 0.000000207. The van der Waals surface area contributed by atoms with E-state index >= 15 is 0 Å². The van der Waals surface area contributed by atoms with Crippen LogP contribution in [0.3, 0.4) is 0 Å². The number of thiocarbonyl (C=S) groups is 2. The summed E-state index contributed by atoms with van der Waals surface area (Å²) < 4.78 is 11.0. The molecule has 150 valence electrons. The molecule has 0 aliphatic carbocycles. The summed E-state index contributed by atoms with van der Waals surface area (Å²) in [6.45, 7) is 4.36. The third-order valence-corrected chi connectivity index (χ3v) is 15.4. The Morgan fingerprint density at radius 3 is 1.62 bits per heavy atom. The van der Waals surface area contributed by atoms with E-state index < -0.39 is 18.9 Å². The predicted molar refractivity (Wildman–Crippen MR) is 132 cm³/mol. The molecule has 0 fully saturated rings. The number of nitrogens with zero attached hydrogens (tertiary/aromatic N) is 4. The number of benzene rings is 1. The van der Waals surface area contributed by atoms with Crippen molar-refractivity contribution in [1.82, 2.24) is 9.97 Å². The molecule has 4 nitrogen and oxygen atoms in total. The van der Waals surface area contributed by atoms with E-state index in [9.17, 15) is 0 Å². The molecule has 7 heteroatoms. The van der Waals surface area contributed by atoms with Crippen LogP contribution in [0.1, 0.15) is 39.5 Å². The van der Waals surface area contributed by atoms with Crippen LogP contribution in [0.5, 0.6) is 0 Å². The molecular formula is C22H26N4S2Sn. The van der Waals surface area contributed by atoms with Gasteiger partial charge in [0.1, 0.15) is 0 Å². The van der Waals surface area contributed by atoms with Crippen LogP contribution >= 0.6 is 24.4 Å². The summed E-state index contributed by atoms with van der Waals surface area (Å²) in [4.78, 5) is 8.69. The van der Waals surface area contributed by atoms with Gasteiger partial charge in [-0.15, -0.1) is 0 Å². The van der Waals surface area contributed by atoms with Crippen molar-refractivity contribution in [3.05, 3.63) is 48.8 Å². The van der Waals surface area contributed by atoms with Crippen molar-refractivity contribution < 1.29 is 0 Å². The van der Waals surface area contributed by atoms with Crippen LogP contribution in [0.25, 0.3) is 21.8 Å². The number of rotatable bonds is 8. The molecule has 2 aromatic heterocycles. The second-order valence-corrected chi connectivity index (χ2v) is 16.9. The molecule has 0 saturated heterocycles. The van der Waals surface area contributed by atoms with Crippen molar-refractivity contribution in [2.24, 2.45) is 6.43 Å². The molecule has 1 aromatic carbocycles. The minimum atomic E-state index is -2.81. The van der Waals surface area contributed by atoms with E-state index in [0.29, 0.717) is 0 Å². The standard InChI is InChI=1S/C12H8N2.2C4H9.2CNS.Sn/c1-3-9-5-6-10-4-2-8-14-12(10)11(9)13-7-1;2*1-3-4-2;2*2-1-3;/h1-8H;2*1,3-4H2,2H3;;;/q;;;2*-1;+2. The first-order chi connectivity index (χ1) is 14.2. The first-order valence-electron chi connectivity index (χ1n) is 9.96. The van der Waals surface area contributed by atoms with Gasteiger partial charge in [-0.3, -0.25) is 9.97 Å². The van der Waals surface area contributed by atoms with Crippen LogP contribution in [0.4, 0.5) is 0 Å². The molecule has 0 radical (unpaired) electrons. The molecule has 0 spiro atoms. The summed E-state index contributed by atoms with van der Waals surface area (Å²) in [5, 5.41) is 7.34. The van der Waals surface area contributed by atoms with Gasteiger partial charge < -0.3 is 0 Å². The van der Waals surface area contributed by atoms with Crippen molar-refractivity contribution in [1.29, 1.82) is 0 Å². The summed E-state index contributed by atoms with van der Waals surface area (Å²) >= 11 is 6.65. The van der Waals surface area contributed by atoms with Crippen molar-refractivity contribution in [3.63, 3.8) is 0 Å². The van der Waals surface area contributed by atoms with E-state index in [2.05, 4.69) is 64.8 Å². The molecule has 3 rings (SSSR count). The molecule has 0 atom stereocenters. The Kier molecular flexibility index (Phi) is 10.5. The van der Waals surface area contributed by atoms with Gasteiger partial charge in [0.2, 0.25) is 0 Å². The van der Waals surface area contributed by atoms with Crippen LogP contribution in [0, 0.1) is 0 Å². The van der Waals surface area contributed by atoms with Crippen LogP contribution in [0.2, 0.25) is 8.87 Å². The van der Waals surface area contributed by atoms with Crippen molar-refractivity contribution in [2.75, 3.05) is 0 Å². The predicted octanol–water partition coefficient (Wildman–Crippen LogP) is 7.02. The number of pyridine rings is 2. The molecule has 2 heterocycles. The maximum absolute atomic E-state index is 4.73. The molecule has 0 saturated carbocycles. The quantitative estimate of drug-likeness (QED) is 0.136. The Morgan fingerprint density at radius 2 is 1.24 bits per heavy atom. The van der Waals surface area contributed by atoms with Gasteiger partial charge in [-0.25, -0.2) is 0 Å². The molecule has 0 aliphatic heterocycles. The van der Waals surface area contributed by atoms with E-state index in [1.165, 1.54) is 25.7 Å².